The van der Waals surface area contributed by atoms with Crippen molar-refractivity contribution in [2.75, 3.05) is 0 Å². The molecule has 260 valence electrons. The van der Waals surface area contributed by atoms with Gasteiger partial charge in [-0.15, -0.1) is 0 Å². The van der Waals surface area contributed by atoms with E-state index in [2.05, 4.69) is 171 Å². The van der Waals surface area contributed by atoms with Crippen molar-refractivity contribution in [1.29, 1.82) is 0 Å². The van der Waals surface area contributed by atoms with Crippen molar-refractivity contribution in [3.63, 3.8) is 0 Å². The second-order valence-electron chi connectivity index (χ2n) is 13.8. The molecule has 0 fully saturated rings. The van der Waals surface area contributed by atoms with Crippen LogP contribution in [0.15, 0.2) is 183 Å². The van der Waals surface area contributed by atoms with Gasteiger partial charge in [0.2, 0.25) is 0 Å². The van der Waals surface area contributed by atoms with Gasteiger partial charge in [0.25, 0.3) is 0 Å². The van der Waals surface area contributed by atoms with Gasteiger partial charge in [-0.2, -0.15) is 0 Å². The predicted molar refractivity (Wildman–Crippen MR) is 235 cm³/mol. The largest absolute Gasteiger partial charge is 0.312 e. The highest BCUT2D eigenvalue weighted by Crippen LogP contribution is 2.45. The molecule has 9 rings (SSSR count). The number of hydrogen-bond donors (Lipinski definition) is 0. The molecule has 0 saturated heterocycles. The highest BCUT2D eigenvalue weighted by atomic mass is 15.0. The monoisotopic (exact) mass is 685 g/mol. The Balaban J connectivity index is 0.000000171. The highest BCUT2D eigenvalue weighted by Gasteiger charge is 2.21. The van der Waals surface area contributed by atoms with Gasteiger partial charge >= 0.3 is 0 Å². The summed E-state index contributed by atoms with van der Waals surface area (Å²) in [6, 6.07) is 47.9. The van der Waals surface area contributed by atoms with Crippen molar-refractivity contribution in [1.82, 2.24) is 4.57 Å². The van der Waals surface area contributed by atoms with E-state index in [-0.39, 0.29) is 0 Å². The van der Waals surface area contributed by atoms with Crippen LogP contribution in [0.25, 0.3) is 65.4 Å². The summed E-state index contributed by atoms with van der Waals surface area (Å²) in [5.41, 5.74) is 10.4. The average molecular weight is 686 g/mol. The Bertz CT molecular complexity index is 2710. The molecule has 1 aliphatic carbocycles. The number of benzene rings is 7. The van der Waals surface area contributed by atoms with Crippen molar-refractivity contribution in [3.05, 3.63) is 205 Å². The summed E-state index contributed by atoms with van der Waals surface area (Å²) in [5, 5.41) is 10.8. The minimum absolute atomic E-state index is 1.06. The molecule has 0 aliphatic heterocycles. The van der Waals surface area contributed by atoms with Crippen molar-refractivity contribution >= 4 is 65.4 Å². The fraction of sp³-hybridized carbons (Fsp3) is 0.115. The quantitative estimate of drug-likeness (QED) is 0.128. The van der Waals surface area contributed by atoms with Gasteiger partial charge in [-0.1, -0.05) is 182 Å². The molecule has 1 aromatic heterocycles. The minimum Gasteiger partial charge on any atom is -0.312 e. The van der Waals surface area contributed by atoms with Gasteiger partial charge in [-0.25, -0.2) is 0 Å². The molecule has 0 saturated carbocycles. The van der Waals surface area contributed by atoms with Crippen LogP contribution < -0.4 is 0 Å². The van der Waals surface area contributed by atoms with Gasteiger partial charge in [0, 0.05) is 27.2 Å². The molecule has 8 aromatic rings. The van der Waals surface area contributed by atoms with E-state index in [1.54, 1.807) is 0 Å². The van der Waals surface area contributed by atoms with Gasteiger partial charge < -0.3 is 4.57 Å². The molecule has 0 spiro atoms. The van der Waals surface area contributed by atoms with Crippen LogP contribution in [-0.4, -0.2) is 4.57 Å². The first-order chi connectivity index (χ1) is 26.0. The Morgan fingerprint density at radius 2 is 1.28 bits per heavy atom. The van der Waals surface area contributed by atoms with E-state index in [1.165, 1.54) is 87.6 Å². The molecule has 1 aliphatic rings. The maximum absolute atomic E-state index is 3.72. The summed E-state index contributed by atoms with van der Waals surface area (Å²) in [4.78, 5) is 0. The maximum Gasteiger partial charge on any atom is 0.0622 e. The number of fused-ring (bicyclic) bond motifs is 10. The van der Waals surface area contributed by atoms with Crippen LogP contribution in [-0.2, 0) is 0 Å². The molecule has 0 N–H and O–H groups in total. The lowest BCUT2D eigenvalue weighted by atomic mass is 9.91. The van der Waals surface area contributed by atoms with E-state index in [1.807, 2.05) is 43.4 Å². The zero-order valence-corrected chi connectivity index (χ0v) is 31.3. The summed E-state index contributed by atoms with van der Waals surface area (Å²) in [5.74, 6) is 0. The molecule has 1 nitrogen and oxygen atoms in total. The minimum atomic E-state index is 1.06. The van der Waals surface area contributed by atoms with E-state index < -0.39 is 0 Å². The first-order valence-electron chi connectivity index (χ1n) is 18.7. The average Bonchev–Trinajstić information content (AvgIpc) is 3.54. The van der Waals surface area contributed by atoms with Gasteiger partial charge in [0.1, 0.15) is 0 Å². The number of para-hydroxylation sites is 1. The van der Waals surface area contributed by atoms with Gasteiger partial charge in [0.15, 0.2) is 0 Å². The van der Waals surface area contributed by atoms with E-state index >= 15 is 0 Å². The molecular weight excluding hydrogens is 639 g/mol. The van der Waals surface area contributed by atoms with E-state index in [9.17, 15) is 0 Å². The summed E-state index contributed by atoms with van der Waals surface area (Å²) in [6.45, 7) is 12.2. The van der Waals surface area contributed by atoms with E-state index in [0.717, 1.165) is 12.8 Å². The first kappa shape index (κ1) is 35.2. The van der Waals surface area contributed by atoms with Gasteiger partial charge in [0.05, 0.1) is 11.0 Å². The summed E-state index contributed by atoms with van der Waals surface area (Å²) < 4.78 is 2.53. The molecule has 0 bridgehead atoms. The molecule has 53 heavy (non-hydrogen) atoms. The number of rotatable bonds is 4. The zero-order valence-electron chi connectivity index (χ0n) is 31.3. The fourth-order valence-corrected chi connectivity index (χ4v) is 7.70. The Kier molecular flexibility index (Phi) is 10.6. The summed E-state index contributed by atoms with van der Waals surface area (Å²) >= 11 is 0. The van der Waals surface area contributed by atoms with Crippen LogP contribution in [0.3, 0.4) is 0 Å². The van der Waals surface area contributed by atoms with Gasteiger partial charge in [-0.3, -0.25) is 0 Å². The van der Waals surface area contributed by atoms with Crippen LogP contribution in [0.2, 0.25) is 0 Å². The molecule has 0 radical (unpaired) electrons. The lowest BCUT2D eigenvalue weighted by Crippen LogP contribution is -1.99. The lowest BCUT2D eigenvalue weighted by Gasteiger charge is -2.17. The topological polar surface area (TPSA) is 4.93 Å². The first-order valence-corrected chi connectivity index (χ1v) is 18.7. The van der Waals surface area contributed by atoms with Gasteiger partial charge in [-0.05, 0) is 90.9 Å². The number of aryl methyl sites for hydroxylation is 3. The SMILES string of the molecule is C=C/C=C(\C=C/C)c1cccc(C)c1.Cc1cc2c3ccccc3c3c(c4ccccc4n3C3=CC=CCC3)c2c2ccccc12.Cc1ccccc1. The molecule has 1 heterocycles. The summed E-state index contributed by atoms with van der Waals surface area (Å²) in [7, 11) is 0. The van der Waals surface area contributed by atoms with Crippen LogP contribution in [0, 0.1) is 20.8 Å². The van der Waals surface area contributed by atoms with Crippen molar-refractivity contribution in [2.45, 2.75) is 40.5 Å². The Labute approximate surface area is 314 Å². The fourth-order valence-electron chi connectivity index (χ4n) is 7.70. The van der Waals surface area contributed by atoms with Crippen molar-refractivity contribution < 1.29 is 0 Å². The third kappa shape index (κ3) is 7.16. The molecular formula is C52H47N. The number of allylic oxidation sites excluding steroid dienone is 9. The standard InChI is InChI=1S/C31H23N.C14H16.C7H8/c1-20-19-27-23-14-6-8-16-25(23)31-30(29(27)24-15-7-5-13-22(20)24)26-17-9-10-18-28(26)32(31)21-11-3-2-4-12-21;1-4-7-13(8-5-2)14-10-6-9-12(3)11-14;1-7-5-3-2-4-6-7/h2-3,5-11,13-19H,4,12H2,1H3;4-11H,1H2,2-3H3;2-6H,1H3/b;8-5-,13-7+;. The van der Waals surface area contributed by atoms with Crippen molar-refractivity contribution in [2.24, 2.45) is 0 Å². The predicted octanol–water partition coefficient (Wildman–Crippen LogP) is 14.9. The highest BCUT2D eigenvalue weighted by molar-refractivity contribution is 6.37. The Morgan fingerprint density at radius 3 is 1.94 bits per heavy atom. The molecule has 0 unspecified atom stereocenters. The third-order valence-corrected chi connectivity index (χ3v) is 10.1. The van der Waals surface area contributed by atoms with E-state index in [4.69, 9.17) is 0 Å². The number of aromatic nitrogens is 1. The maximum atomic E-state index is 3.72. The second-order valence-corrected chi connectivity index (χ2v) is 13.8. The van der Waals surface area contributed by atoms with Crippen LogP contribution >= 0.6 is 0 Å². The molecule has 0 atom stereocenters. The van der Waals surface area contributed by atoms with Crippen LogP contribution in [0.1, 0.15) is 42.0 Å². The number of nitrogens with zero attached hydrogens (tertiary/aromatic N) is 1. The normalized spacial score (nSPS) is 12.9. The Morgan fingerprint density at radius 1 is 0.623 bits per heavy atom. The molecule has 7 aromatic carbocycles. The zero-order chi connectivity index (χ0) is 36.7. The number of hydrogen-bond acceptors (Lipinski definition) is 0. The summed E-state index contributed by atoms with van der Waals surface area (Å²) in [6.07, 6.45) is 16.9. The Hall–Kier alpha value is -6.18. The molecule has 0 amide bonds. The second kappa shape index (κ2) is 16.0. The smallest absolute Gasteiger partial charge is 0.0622 e. The van der Waals surface area contributed by atoms with E-state index in [0.29, 0.717) is 0 Å². The third-order valence-electron chi connectivity index (χ3n) is 10.1. The van der Waals surface area contributed by atoms with Crippen LogP contribution in [0.4, 0.5) is 0 Å². The van der Waals surface area contributed by atoms with Crippen molar-refractivity contribution in [3.8, 4) is 0 Å². The lowest BCUT2D eigenvalue weighted by molar-refractivity contribution is 0.980. The van der Waals surface area contributed by atoms with Crippen LogP contribution in [0.5, 0.6) is 0 Å². The molecule has 1 heteroatoms.